The van der Waals surface area contributed by atoms with Crippen LogP contribution in [0.25, 0.3) is 21.9 Å². The van der Waals surface area contributed by atoms with Gasteiger partial charge >= 0.3 is 6.36 Å². The maximum atomic E-state index is 14.6. The van der Waals surface area contributed by atoms with Crippen LogP contribution >= 0.6 is 0 Å². The van der Waals surface area contributed by atoms with Crippen LogP contribution in [-0.4, -0.2) is 6.36 Å². The zero-order chi connectivity index (χ0) is 21.0. The lowest BCUT2D eigenvalue weighted by molar-refractivity contribution is -0.291. The average molecular weight is 404 g/mol. The second-order valence-electron chi connectivity index (χ2n) is 6.55. The molecule has 3 rings (SSSR count). The van der Waals surface area contributed by atoms with E-state index in [2.05, 4.69) is 17.6 Å². The van der Waals surface area contributed by atoms with Gasteiger partial charge in [0.05, 0.1) is 5.56 Å². The largest absolute Gasteiger partial charge is 0.581 e. The summed E-state index contributed by atoms with van der Waals surface area (Å²) < 4.78 is 68.3. The monoisotopic (exact) mass is 404 g/mol. The van der Waals surface area contributed by atoms with Crippen LogP contribution in [-0.2, 0) is 11.2 Å². The van der Waals surface area contributed by atoms with Crippen molar-refractivity contribution >= 4 is 10.8 Å². The average Bonchev–Trinajstić information content (AvgIpc) is 2.67. The van der Waals surface area contributed by atoms with Crippen molar-refractivity contribution in [2.45, 2.75) is 32.5 Å². The zero-order valence-electron chi connectivity index (χ0n) is 15.5. The Kier molecular flexibility index (Phi) is 6.07. The van der Waals surface area contributed by atoms with Gasteiger partial charge in [-0.25, -0.2) is 8.78 Å². The fourth-order valence-corrected chi connectivity index (χ4v) is 3.06. The fourth-order valence-electron chi connectivity index (χ4n) is 3.06. The van der Waals surface area contributed by atoms with Crippen molar-refractivity contribution in [1.29, 1.82) is 0 Å². The lowest BCUT2D eigenvalue weighted by Crippen LogP contribution is -2.08. The quantitative estimate of drug-likeness (QED) is 0.337. The Morgan fingerprint density at radius 3 is 2.41 bits per heavy atom. The fraction of sp³-hybridized carbons (Fsp3) is 0.217. The molecule has 0 amide bonds. The van der Waals surface area contributed by atoms with E-state index in [9.17, 15) is 22.0 Å². The van der Waals surface area contributed by atoms with Gasteiger partial charge in [-0.1, -0.05) is 43.7 Å². The van der Waals surface area contributed by atoms with E-state index in [0.29, 0.717) is 21.9 Å². The van der Waals surface area contributed by atoms with Gasteiger partial charge in [0.1, 0.15) is 17.7 Å². The molecule has 3 aromatic carbocycles. The Morgan fingerprint density at radius 1 is 0.931 bits per heavy atom. The van der Waals surface area contributed by atoms with Gasteiger partial charge in [0.25, 0.3) is 0 Å². The van der Waals surface area contributed by atoms with Gasteiger partial charge in [0.2, 0.25) is 0 Å². The number of hydrogen-bond acceptors (Lipinski definition) is 1. The van der Waals surface area contributed by atoms with Crippen molar-refractivity contribution in [2.24, 2.45) is 0 Å². The number of aryl methyl sites for hydroxylation is 1. The molecule has 0 saturated carbocycles. The molecule has 3 aromatic rings. The number of unbranched alkanes of at least 4 members (excludes halogenated alkanes) is 1. The number of alkyl halides is 3. The van der Waals surface area contributed by atoms with Crippen molar-refractivity contribution in [3.63, 3.8) is 0 Å². The first kappa shape index (κ1) is 20.7. The SMILES string of the molecule is CCCCc1ccc(-c2ccc3c(C#COC(F)(F)F)c(F)ccc3c2)c(F)c1. The minimum Gasteiger partial charge on any atom is -0.352 e. The number of rotatable bonds is 4. The van der Waals surface area contributed by atoms with Crippen molar-refractivity contribution in [3.8, 4) is 23.2 Å². The highest BCUT2D eigenvalue weighted by Gasteiger charge is 2.29. The van der Waals surface area contributed by atoms with Gasteiger partial charge in [0, 0.05) is 10.9 Å². The molecule has 0 fully saturated rings. The molecule has 0 spiro atoms. The highest BCUT2D eigenvalue weighted by molar-refractivity contribution is 5.92. The molecule has 0 saturated heterocycles. The molecule has 0 atom stereocenters. The summed E-state index contributed by atoms with van der Waals surface area (Å²) in [6.45, 7) is 2.07. The summed E-state index contributed by atoms with van der Waals surface area (Å²) in [6, 6.07) is 12.4. The molecule has 0 aliphatic heterocycles. The summed E-state index contributed by atoms with van der Waals surface area (Å²) in [5.41, 5.74) is 1.67. The zero-order valence-corrected chi connectivity index (χ0v) is 15.5. The third kappa shape index (κ3) is 5.05. The van der Waals surface area contributed by atoms with Crippen molar-refractivity contribution in [3.05, 3.63) is 71.3 Å². The van der Waals surface area contributed by atoms with Crippen LogP contribution in [0.15, 0.2) is 48.5 Å². The molecule has 0 unspecified atom stereocenters. The van der Waals surface area contributed by atoms with Crippen molar-refractivity contribution in [2.75, 3.05) is 0 Å². The lowest BCUT2D eigenvalue weighted by Gasteiger charge is -2.09. The molecule has 0 aromatic heterocycles. The summed E-state index contributed by atoms with van der Waals surface area (Å²) in [6.07, 6.45) is -0.660. The lowest BCUT2D eigenvalue weighted by atomic mass is 9.96. The molecule has 0 aliphatic rings. The standard InChI is InChI=1S/C23H17F5O/c1-2-3-4-15-5-8-19(22(25)13-15)17-6-9-18-16(14-17)7-10-21(24)20(18)11-12-29-23(26,27)28/h5-10,13-14H,2-4H2,1H3. The van der Waals surface area contributed by atoms with Crippen molar-refractivity contribution < 1.29 is 26.7 Å². The predicted molar refractivity (Wildman–Crippen MR) is 102 cm³/mol. The Balaban J connectivity index is 1.98. The van der Waals surface area contributed by atoms with E-state index in [1.807, 2.05) is 6.07 Å². The van der Waals surface area contributed by atoms with Crippen LogP contribution in [0.3, 0.4) is 0 Å². The van der Waals surface area contributed by atoms with E-state index in [-0.39, 0.29) is 11.4 Å². The topological polar surface area (TPSA) is 9.23 Å². The molecular weight excluding hydrogens is 387 g/mol. The van der Waals surface area contributed by atoms with Gasteiger partial charge in [-0.05, 0) is 53.5 Å². The first-order chi connectivity index (χ1) is 13.8. The van der Waals surface area contributed by atoms with Crippen LogP contribution in [0.1, 0.15) is 30.9 Å². The third-order valence-corrected chi connectivity index (χ3v) is 4.48. The molecular formula is C23H17F5O. The van der Waals surface area contributed by atoms with Crippen LogP contribution in [0.4, 0.5) is 22.0 Å². The second kappa shape index (κ2) is 8.52. The number of fused-ring (bicyclic) bond motifs is 1. The van der Waals surface area contributed by atoms with Crippen LogP contribution in [0, 0.1) is 23.7 Å². The molecule has 29 heavy (non-hydrogen) atoms. The predicted octanol–water partition coefficient (Wildman–Crippen LogP) is 6.97. The van der Waals surface area contributed by atoms with Gasteiger partial charge in [-0.15, -0.1) is 13.2 Å². The maximum Gasteiger partial charge on any atom is 0.581 e. The highest BCUT2D eigenvalue weighted by atomic mass is 19.4. The number of halogens is 5. The molecule has 0 bridgehead atoms. The summed E-state index contributed by atoms with van der Waals surface area (Å²) in [5, 5.41) is 0.835. The third-order valence-electron chi connectivity index (χ3n) is 4.48. The van der Waals surface area contributed by atoms with E-state index in [1.165, 1.54) is 24.3 Å². The molecule has 0 heterocycles. The molecule has 150 valence electrons. The first-order valence-electron chi connectivity index (χ1n) is 9.05. The van der Waals surface area contributed by atoms with Gasteiger partial charge in [0.15, 0.2) is 0 Å². The highest BCUT2D eigenvalue weighted by Crippen LogP contribution is 2.30. The normalized spacial score (nSPS) is 11.2. The molecule has 6 heteroatoms. The summed E-state index contributed by atoms with van der Waals surface area (Å²) in [7, 11) is 0. The minimum atomic E-state index is -4.93. The van der Waals surface area contributed by atoms with Gasteiger partial charge < -0.3 is 4.74 Å². The Labute approximate surface area is 165 Å². The van der Waals surface area contributed by atoms with Crippen LogP contribution in [0.2, 0.25) is 0 Å². The van der Waals surface area contributed by atoms with Crippen molar-refractivity contribution in [1.82, 2.24) is 0 Å². The molecule has 0 radical (unpaired) electrons. The number of hydrogen-bond donors (Lipinski definition) is 0. The van der Waals surface area contributed by atoms with E-state index < -0.39 is 12.2 Å². The Hall–Kier alpha value is -3.07. The van der Waals surface area contributed by atoms with Gasteiger partial charge in [-0.2, -0.15) is 0 Å². The summed E-state index contributed by atoms with van der Waals surface area (Å²) in [4.78, 5) is 0. The number of ether oxygens (including phenoxy) is 1. The number of benzene rings is 3. The van der Waals surface area contributed by atoms with E-state index in [1.54, 1.807) is 18.2 Å². The van der Waals surface area contributed by atoms with Crippen LogP contribution < -0.4 is 0 Å². The smallest absolute Gasteiger partial charge is 0.352 e. The molecule has 0 aliphatic carbocycles. The summed E-state index contributed by atoms with van der Waals surface area (Å²) >= 11 is 0. The van der Waals surface area contributed by atoms with Crippen LogP contribution in [0.5, 0.6) is 0 Å². The Bertz CT molecular complexity index is 1090. The van der Waals surface area contributed by atoms with Gasteiger partial charge in [-0.3, -0.25) is 0 Å². The second-order valence-corrected chi connectivity index (χ2v) is 6.55. The maximum absolute atomic E-state index is 14.6. The minimum absolute atomic E-state index is 0.214. The molecule has 0 N–H and O–H groups in total. The Morgan fingerprint density at radius 2 is 1.72 bits per heavy atom. The van der Waals surface area contributed by atoms with E-state index >= 15 is 0 Å². The first-order valence-corrected chi connectivity index (χ1v) is 9.05. The molecule has 1 nitrogen and oxygen atoms in total. The van der Waals surface area contributed by atoms with E-state index in [0.717, 1.165) is 30.9 Å². The summed E-state index contributed by atoms with van der Waals surface area (Å²) in [5.74, 6) is 0.938. The van der Waals surface area contributed by atoms with E-state index in [4.69, 9.17) is 0 Å².